The fraction of sp³-hybridized carbons (Fsp3) is 0.300. The highest BCUT2D eigenvalue weighted by atomic mass is 35.5. The first-order valence-electron chi connectivity index (χ1n) is 7.89. The third-order valence-electron chi connectivity index (χ3n) is 3.22. The first-order chi connectivity index (χ1) is 11.3. The van der Waals surface area contributed by atoms with Crippen molar-refractivity contribution in [2.75, 3.05) is 0 Å². The Morgan fingerprint density at radius 1 is 1.12 bits per heavy atom. The molecule has 0 heterocycles. The van der Waals surface area contributed by atoms with E-state index in [0.29, 0.717) is 11.4 Å². The molecule has 0 bridgehead atoms. The van der Waals surface area contributed by atoms with Gasteiger partial charge in [0.15, 0.2) is 6.04 Å². The first-order valence-corrected chi connectivity index (χ1v) is 8.27. The van der Waals surface area contributed by atoms with E-state index in [1.54, 1.807) is 18.3 Å². The monoisotopic (exact) mass is 343 g/mol. The lowest BCUT2D eigenvalue weighted by Crippen LogP contribution is -2.32. The Balaban J connectivity index is 2.18. The number of aliphatic imine (C=N–C) groups is 1. The summed E-state index contributed by atoms with van der Waals surface area (Å²) in [7, 11) is 0. The molecule has 0 aliphatic rings. The van der Waals surface area contributed by atoms with Crippen molar-refractivity contribution >= 4 is 23.8 Å². The van der Waals surface area contributed by atoms with Crippen LogP contribution in [0.4, 0.5) is 0 Å². The molecule has 1 unspecified atom stereocenters. The zero-order valence-corrected chi connectivity index (χ0v) is 15.0. The fourth-order valence-corrected chi connectivity index (χ4v) is 2.25. The summed E-state index contributed by atoms with van der Waals surface area (Å²) in [4.78, 5) is 16.9. The van der Waals surface area contributed by atoms with Crippen LogP contribution >= 0.6 is 11.6 Å². The van der Waals surface area contributed by atoms with Gasteiger partial charge in [0.25, 0.3) is 0 Å². The summed E-state index contributed by atoms with van der Waals surface area (Å²) in [6.07, 6.45) is 2.19. The molecule has 0 aliphatic carbocycles. The zero-order valence-electron chi connectivity index (χ0n) is 14.2. The molecule has 3 nitrogen and oxygen atoms in total. The van der Waals surface area contributed by atoms with Crippen LogP contribution in [-0.2, 0) is 16.0 Å². The Labute approximate surface area is 148 Å². The summed E-state index contributed by atoms with van der Waals surface area (Å²) >= 11 is 5.89. The number of carbonyl (C=O) groups is 1. The average Bonchev–Trinajstić information content (AvgIpc) is 2.52. The molecule has 0 saturated carbocycles. The standard InChI is InChI=1S/C20H22ClNO2/c1-20(2,3)24-19(23)18(13-15-7-5-4-6-8-15)22-14-16-9-11-17(21)12-10-16/h4-12,14,18H,13H2,1-3H3. The van der Waals surface area contributed by atoms with Crippen molar-refractivity contribution in [2.45, 2.75) is 38.8 Å². The second-order valence-corrected chi connectivity index (χ2v) is 7.01. The molecule has 0 aromatic heterocycles. The van der Waals surface area contributed by atoms with Crippen LogP contribution in [0.1, 0.15) is 31.9 Å². The fourth-order valence-electron chi connectivity index (χ4n) is 2.13. The first kappa shape index (κ1) is 18.2. The third kappa shape index (κ3) is 6.17. The number of hydrogen-bond donors (Lipinski definition) is 0. The van der Waals surface area contributed by atoms with Crippen molar-refractivity contribution in [2.24, 2.45) is 4.99 Å². The van der Waals surface area contributed by atoms with Crippen LogP contribution in [0, 0.1) is 0 Å². The van der Waals surface area contributed by atoms with Gasteiger partial charge in [-0.3, -0.25) is 4.99 Å². The quantitative estimate of drug-likeness (QED) is 0.582. The van der Waals surface area contributed by atoms with E-state index >= 15 is 0 Å². The molecule has 126 valence electrons. The number of halogens is 1. The molecule has 0 spiro atoms. The number of hydrogen-bond acceptors (Lipinski definition) is 3. The number of ether oxygens (including phenoxy) is 1. The minimum Gasteiger partial charge on any atom is -0.458 e. The smallest absolute Gasteiger partial charge is 0.331 e. The predicted octanol–water partition coefficient (Wildman–Crippen LogP) is 4.71. The predicted molar refractivity (Wildman–Crippen MR) is 98.8 cm³/mol. The Kier molecular flexibility index (Phi) is 6.16. The maximum absolute atomic E-state index is 12.5. The Morgan fingerprint density at radius 3 is 2.33 bits per heavy atom. The molecular weight excluding hydrogens is 322 g/mol. The van der Waals surface area contributed by atoms with Crippen molar-refractivity contribution in [3.05, 3.63) is 70.7 Å². The van der Waals surface area contributed by atoms with Crippen LogP contribution in [-0.4, -0.2) is 23.8 Å². The number of benzene rings is 2. The van der Waals surface area contributed by atoms with E-state index in [0.717, 1.165) is 11.1 Å². The van der Waals surface area contributed by atoms with E-state index in [2.05, 4.69) is 4.99 Å². The topological polar surface area (TPSA) is 38.7 Å². The summed E-state index contributed by atoms with van der Waals surface area (Å²) in [6.45, 7) is 5.56. The van der Waals surface area contributed by atoms with Crippen LogP contribution < -0.4 is 0 Å². The van der Waals surface area contributed by atoms with Crippen LogP contribution in [0.2, 0.25) is 5.02 Å². The van der Waals surface area contributed by atoms with Gasteiger partial charge in [0, 0.05) is 17.7 Å². The molecule has 2 aromatic rings. The molecule has 2 aromatic carbocycles. The van der Waals surface area contributed by atoms with Gasteiger partial charge >= 0.3 is 5.97 Å². The molecule has 0 radical (unpaired) electrons. The summed E-state index contributed by atoms with van der Waals surface area (Å²) in [5.41, 5.74) is 1.39. The summed E-state index contributed by atoms with van der Waals surface area (Å²) in [6, 6.07) is 16.5. The molecule has 4 heteroatoms. The van der Waals surface area contributed by atoms with Crippen molar-refractivity contribution in [1.29, 1.82) is 0 Å². The van der Waals surface area contributed by atoms with Gasteiger partial charge < -0.3 is 4.74 Å². The van der Waals surface area contributed by atoms with E-state index in [1.165, 1.54) is 0 Å². The second kappa shape index (κ2) is 8.11. The Morgan fingerprint density at radius 2 is 1.75 bits per heavy atom. The van der Waals surface area contributed by atoms with Crippen LogP contribution in [0.3, 0.4) is 0 Å². The van der Waals surface area contributed by atoms with Gasteiger partial charge in [0.2, 0.25) is 0 Å². The van der Waals surface area contributed by atoms with Gasteiger partial charge in [-0.15, -0.1) is 0 Å². The SMILES string of the molecule is CC(C)(C)OC(=O)C(Cc1ccccc1)N=Cc1ccc(Cl)cc1. The Hall–Kier alpha value is -2.13. The molecule has 0 amide bonds. The van der Waals surface area contributed by atoms with E-state index in [9.17, 15) is 4.79 Å². The van der Waals surface area contributed by atoms with Crippen molar-refractivity contribution in [3.8, 4) is 0 Å². The number of nitrogens with zero attached hydrogens (tertiary/aromatic N) is 1. The molecule has 0 N–H and O–H groups in total. The third-order valence-corrected chi connectivity index (χ3v) is 3.48. The lowest BCUT2D eigenvalue weighted by Gasteiger charge is -2.22. The molecule has 0 fully saturated rings. The highest BCUT2D eigenvalue weighted by Crippen LogP contribution is 2.14. The number of carbonyl (C=O) groups excluding carboxylic acids is 1. The van der Waals surface area contributed by atoms with Gasteiger partial charge in [-0.2, -0.15) is 0 Å². The lowest BCUT2D eigenvalue weighted by atomic mass is 10.1. The van der Waals surface area contributed by atoms with Crippen molar-refractivity contribution in [1.82, 2.24) is 0 Å². The average molecular weight is 344 g/mol. The van der Waals surface area contributed by atoms with Gasteiger partial charge in [-0.05, 0) is 44.0 Å². The molecule has 0 aliphatic heterocycles. The van der Waals surface area contributed by atoms with Gasteiger partial charge in [-0.25, -0.2) is 4.79 Å². The minimum atomic E-state index is -0.581. The van der Waals surface area contributed by atoms with Crippen molar-refractivity contribution in [3.63, 3.8) is 0 Å². The molecule has 1 atom stereocenters. The van der Waals surface area contributed by atoms with E-state index in [1.807, 2.05) is 63.2 Å². The van der Waals surface area contributed by atoms with Gasteiger partial charge in [0.05, 0.1) is 0 Å². The zero-order chi connectivity index (χ0) is 17.6. The maximum atomic E-state index is 12.5. The second-order valence-electron chi connectivity index (χ2n) is 6.57. The van der Waals surface area contributed by atoms with E-state index < -0.39 is 11.6 Å². The minimum absolute atomic E-state index is 0.323. The van der Waals surface area contributed by atoms with Crippen molar-refractivity contribution < 1.29 is 9.53 Å². The van der Waals surface area contributed by atoms with Crippen LogP contribution in [0.15, 0.2) is 59.6 Å². The van der Waals surface area contributed by atoms with E-state index in [-0.39, 0.29) is 5.97 Å². The molecule has 24 heavy (non-hydrogen) atoms. The highest BCUT2D eigenvalue weighted by molar-refractivity contribution is 6.30. The lowest BCUT2D eigenvalue weighted by molar-refractivity contribution is -0.156. The van der Waals surface area contributed by atoms with Gasteiger partial charge in [-0.1, -0.05) is 54.1 Å². The summed E-state index contributed by atoms with van der Waals surface area (Å²) < 4.78 is 5.51. The molecular formula is C20H22ClNO2. The summed E-state index contributed by atoms with van der Waals surface area (Å²) in [5.74, 6) is -0.323. The van der Waals surface area contributed by atoms with E-state index in [4.69, 9.17) is 16.3 Å². The Bertz CT molecular complexity index is 688. The maximum Gasteiger partial charge on any atom is 0.331 e. The highest BCUT2D eigenvalue weighted by Gasteiger charge is 2.24. The number of rotatable bonds is 5. The molecule has 0 saturated heterocycles. The van der Waals surface area contributed by atoms with Crippen LogP contribution in [0.5, 0.6) is 0 Å². The normalized spacial score (nSPS) is 13.0. The largest absolute Gasteiger partial charge is 0.458 e. The van der Waals surface area contributed by atoms with Crippen LogP contribution in [0.25, 0.3) is 0 Å². The van der Waals surface area contributed by atoms with Gasteiger partial charge in [0.1, 0.15) is 5.60 Å². The molecule has 2 rings (SSSR count). The summed E-state index contributed by atoms with van der Waals surface area (Å²) in [5, 5.41) is 0.667. The number of esters is 1.